The van der Waals surface area contributed by atoms with Crippen molar-refractivity contribution in [3.63, 3.8) is 0 Å². The summed E-state index contributed by atoms with van der Waals surface area (Å²) in [4.78, 5) is 41.8. The topological polar surface area (TPSA) is 101 Å². The van der Waals surface area contributed by atoms with E-state index in [2.05, 4.69) is 15.6 Å². The van der Waals surface area contributed by atoms with Gasteiger partial charge in [-0.15, -0.1) is 11.3 Å². The quantitative estimate of drug-likeness (QED) is 0.412. The van der Waals surface area contributed by atoms with Crippen molar-refractivity contribution in [2.75, 3.05) is 18.4 Å². The zero-order chi connectivity index (χ0) is 25.1. The first-order chi connectivity index (χ1) is 17.5. The lowest BCUT2D eigenvalue weighted by atomic mass is 10.1. The summed E-state index contributed by atoms with van der Waals surface area (Å²) in [5.41, 5.74) is 2.21. The monoisotopic (exact) mass is 508 g/mol. The Hall–Kier alpha value is -3.79. The molecule has 0 unspecified atom stereocenters. The van der Waals surface area contributed by atoms with E-state index in [1.807, 2.05) is 12.1 Å². The van der Waals surface area contributed by atoms with Crippen molar-refractivity contribution in [2.24, 2.45) is 0 Å². The number of pyridine rings is 1. The molecule has 186 valence electrons. The molecule has 2 aliphatic rings. The number of halogens is 1. The lowest BCUT2D eigenvalue weighted by Gasteiger charge is -2.26. The van der Waals surface area contributed by atoms with E-state index in [0.717, 1.165) is 39.8 Å². The number of anilines is 1. The van der Waals surface area contributed by atoms with Crippen LogP contribution in [-0.4, -0.2) is 47.2 Å². The van der Waals surface area contributed by atoms with Crippen LogP contribution in [0.25, 0.3) is 15.8 Å². The molecule has 3 heterocycles. The molecule has 0 bridgehead atoms. The van der Waals surface area contributed by atoms with Gasteiger partial charge < -0.3 is 25.1 Å². The second kappa shape index (κ2) is 10.4. The normalized spacial score (nSPS) is 15.4. The van der Waals surface area contributed by atoms with Crippen LogP contribution in [0.5, 0.6) is 11.5 Å². The Morgan fingerprint density at radius 3 is 2.81 bits per heavy atom. The molecule has 36 heavy (non-hydrogen) atoms. The van der Waals surface area contributed by atoms with Crippen molar-refractivity contribution in [2.45, 2.75) is 38.1 Å². The Bertz CT molecular complexity index is 1350. The number of aldehydes is 1. The van der Waals surface area contributed by atoms with E-state index >= 15 is 0 Å². The minimum absolute atomic E-state index is 0.0159. The van der Waals surface area contributed by atoms with E-state index in [9.17, 15) is 18.8 Å². The van der Waals surface area contributed by atoms with Gasteiger partial charge in [0.2, 0.25) is 5.91 Å². The predicted molar refractivity (Wildman–Crippen MR) is 136 cm³/mol. The van der Waals surface area contributed by atoms with E-state index < -0.39 is 5.82 Å². The van der Waals surface area contributed by atoms with Gasteiger partial charge >= 0.3 is 6.03 Å². The molecule has 0 atom stereocenters. The second-order valence-electron chi connectivity index (χ2n) is 8.78. The van der Waals surface area contributed by atoms with E-state index in [1.165, 1.54) is 23.5 Å². The van der Waals surface area contributed by atoms with Gasteiger partial charge in [0.25, 0.3) is 0 Å². The minimum Gasteiger partial charge on any atom is -0.453 e. The van der Waals surface area contributed by atoms with E-state index in [4.69, 9.17) is 4.74 Å². The Morgan fingerprint density at radius 2 is 2.08 bits per heavy atom. The average Bonchev–Trinajstić information content (AvgIpc) is 3.57. The molecule has 3 aromatic rings. The van der Waals surface area contributed by atoms with Crippen LogP contribution in [-0.2, 0) is 9.59 Å². The summed E-state index contributed by atoms with van der Waals surface area (Å²) >= 11 is 1.51. The van der Waals surface area contributed by atoms with Gasteiger partial charge in [-0.05, 0) is 43.0 Å². The first-order valence-electron chi connectivity index (χ1n) is 11.8. The van der Waals surface area contributed by atoms with Crippen molar-refractivity contribution in [3.8, 4) is 11.5 Å². The maximum atomic E-state index is 14.8. The number of ether oxygens (including phenoxy) is 1. The van der Waals surface area contributed by atoms with Crippen LogP contribution in [0.15, 0.2) is 42.6 Å². The van der Waals surface area contributed by atoms with Gasteiger partial charge in [-0.3, -0.25) is 9.78 Å². The number of nitrogens with one attached hydrogen (secondary N) is 2. The first kappa shape index (κ1) is 23.9. The van der Waals surface area contributed by atoms with Crippen molar-refractivity contribution < 1.29 is 23.5 Å². The molecular weight excluding hydrogens is 483 g/mol. The van der Waals surface area contributed by atoms with Gasteiger partial charge in [0.15, 0.2) is 11.6 Å². The van der Waals surface area contributed by atoms with Crippen molar-refractivity contribution >= 4 is 51.0 Å². The molecule has 3 amide bonds. The molecule has 0 spiro atoms. The van der Waals surface area contributed by atoms with Gasteiger partial charge in [0, 0.05) is 60.9 Å². The summed E-state index contributed by atoms with van der Waals surface area (Å²) in [6.07, 6.45) is 7.53. The largest absolute Gasteiger partial charge is 0.453 e. The fourth-order valence-corrected chi connectivity index (χ4v) is 5.11. The fraction of sp³-hybridized carbons (Fsp3) is 0.308. The second-order valence-corrected chi connectivity index (χ2v) is 9.83. The number of aromatic nitrogens is 1. The number of fused-ring (bicyclic) bond motifs is 1. The summed E-state index contributed by atoms with van der Waals surface area (Å²) in [6, 6.07) is 7.85. The van der Waals surface area contributed by atoms with Crippen LogP contribution in [0.4, 0.5) is 14.9 Å². The highest BCUT2D eigenvalue weighted by Gasteiger charge is 2.23. The molecule has 1 aromatic carbocycles. The number of carbonyl (C=O) groups is 3. The van der Waals surface area contributed by atoms with Crippen molar-refractivity contribution in [1.29, 1.82) is 0 Å². The maximum absolute atomic E-state index is 14.8. The van der Waals surface area contributed by atoms with Gasteiger partial charge in [-0.25, -0.2) is 9.18 Å². The number of hydrogen-bond acceptors (Lipinski definition) is 6. The molecular formula is C26H25FN4O4S. The predicted octanol–water partition coefficient (Wildman–Crippen LogP) is 5.11. The SMILES string of the molecule is O=CCCC(=O)N1CC=C(c2cc3nccc(Oc4ccc(NC(=O)NC5CC5)cc4F)c3s2)CC1. The molecule has 2 N–H and O–H groups in total. The van der Waals surface area contributed by atoms with Crippen LogP contribution >= 0.6 is 11.3 Å². The Balaban J connectivity index is 1.29. The van der Waals surface area contributed by atoms with Crippen LogP contribution in [0, 0.1) is 5.82 Å². The van der Waals surface area contributed by atoms with E-state index in [0.29, 0.717) is 30.9 Å². The Labute approximate surface area is 211 Å². The highest BCUT2D eigenvalue weighted by molar-refractivity contribution is 7.20. The van der Waals surface area contributed by atoms with Gasteiger partial charge in [-0.2, -0.15) is 0 Å². The molecule has 1 aliphatic carbocycles. The molecule has 1 fully saturated rings. The number of carbonyl (C=O) groups excluding carboxylic acids is 3. The number of urea groups is 1. The van der Waals surface area contributed by atoms with Crippen molar-refractivity contribution in [3.05, 3.63) is 53.3 Å². The maximum Gasteiger partial charge on any atom is 0.319 e. The summed E-state index contributed by atoms with van der Waals surface area (Å²) in [5, 5.41) is 5.43. The molecule has 1 saturated carbocycles. The van der Waals surface area contributed by atoms with E-state index in [-0.39, 0.29) is 36.6 Å². The number of thiophene rings is 1. The number of amides is 3. The summed E-state index contributed by atoms with van der Waals surface area (Å²) < 4.78 is 21.5. The smallest absolute Gasteiger partial charge is 0.319 e. The third-order valence-corrected chi connectivity index (χ3v) is 7.27. The lowest BCUT2D eigenvalue weighted by Crippen LogP contribution is -2.34. The molecule has 1 aliphatic heterocycles. The molecule has 5 rings (SSSR count). The van der Waals surface area contributed by atoms with E-state index in [1.54, 1.807) is 23.2 Å². The van der Waals surface area contributed by atoms with Crippen LogP contribution < -0.4 is 15.4 Å². The molecule has 0 radical (unpaired) electrons. The number of rotatable bonds is 8. The summed E-state index contributed by atoms with van der Waals surface area (Å²) in [7, 11) is 0. The minimum atomic E-state index is -0.588. The molecule has 0 saturated heterocycles. The number of nitrogens with zero attached hydrogens (tertiary/aromatic N) is 2. The van der Waals surface area contributed by atoms with Gasteiger partial charge in [0.05, 0.1) is 10.2 Å². The van der Waals surface area contributed by atoms with Crippen molar-refractivity contribution in [1.82, 2.24) is 15.2 Å². The summed E-state index contributed by atoms with van der Waals surface area (Å²) in [6.45, 7) is 1.10. The Morgan fingerprint density at radius 1 is 1.22 bits per heavy atom. The van der Waals surface area contributed by atoms with Gasteiger partial charge in [0.1, 0.15) is 12.0 Å². The summed E-state index contributed by atoms with van der Waals surface area (Å²) in [5.74, 6) is -0.0652. The number of hydrogen-bond donors (Lipinski definition) is 2. The molecule has 8 nitrogen and oxygen atoms in total. The molecule has 2 aromatic heterocycles. The average molecular weight is 509 g/mol. The first-order valence-corrected chi connectivity index (χ1v) is 12.7. The highest BCUT2D eigenvalue weighted by atomic mass is 32.1. The van der Waals surface area contributed by atoms with Crippen LogP contribution in [0.3, 0.4) is 0 Å². The fourth-order valence-electron chi connectivity index (χ4n) is 3.97. The zero-order valence-corrected chi connectivity index (χ0v) is 20.3. The van der Waals surface area contributed by atoms with Crippen LogP contribution in [0.1, 0.15) is 37.0 Å². The third-order valence-electron chi connectivity index (χ3n) is 6.05. The highest BCUT2D eigenvalue weighted by Crippen LogP contribution is 2.39. The standard InChI is InChI=1S/C26H25FN4O4S/c27-19-14-18(30-26(34)29-17-3-4-17)5-6-21(19)35-22-7-10-28-20-15-23(36-25(20)22)16-8-11-31(12-9-16)24(33)2-1-13-32/h5-8,10,13-15,17H,1-4,9,11-12H2,(H2,29,30,34). The van der Waals surface area contributed by atoms with Crippen LogP contribution in [0.2, 0.25) is 0 Å². The lowest BCUT2D eigenvalue weighted by molar-refractivity contribution is -0.131. The zero-order valence-electron chi connectivity index (χ0n) is 19.5. The Kier molecular flexibility index (Phi) is 6.95. The molecule has 10 heteroatoms. The van der Waals surface area contributed by atoms with Gasteiger partial charge in [-0.1, -0.05) is 6.08 Å². The number of benzene rings is 1. The third kappa shape index (κ3) is 5.54.